The van der Waals surface area contributed by atoms with Crippen molar-refractivity contribution >= 4 is 5.97 Å². The summed E-state index contributed by atoms with van der Waals surface area (Å²) in [6, 6.07) is 3.96. The number of aliphatic carboxylic acids is 1. The van der Waals surface area contributed by atoms with Crippen LogP contribution in [0.4, 0.5) is 0 Å². The number of benzene rings is 1. The van der Waals surface area contributed by atoms with Gasteiger partial charge in [-0.2, -0.15) is 0 Å². The summed E-state index contributed by atoms with van der Waals surface area (Å²) in [7, 11) is 0. The SMILES string of the molecule is CCOc1c(CCC(=O)O)ccc(C)c1C. The van der Waals surface area contributed by atoms with Crippen LogP contribution in [0.2, 0.25) is 0 Å². The maximum atomic E-state index is 10.6. The Bertz CT molecular complexity index is 383. The Kier molecular flexibility index (Phi) is 4.35. The zero-order valence-electron chi connectivity index (χ0n) is 10.0. The molecule has 3 heteroatoms. The van der Waals surface area contributed by atoms with Crippen LogP contribution in [0.1, 0.15) is 30.0 Å². The molecule has 0 saturated carbocycles. The molecule has 0 aliphatic rings. The molecule has 16 heavy (non-hydrogen) atoms. The van der Waals surface area contributed by atoms with Crippen molar-refractivity contribution in [3.8, 4) is 5.75 Å². The summed E-state index contributed by atoms with van der Waals surface area (Å²) in [5.41, 5.74) is 3.25. The van der Waals surface area contributed by atoms with Crippen molar-refractivity contribution in [2.45, 2.75) is 33.6 Å². The van der Waals surface area contributed by atoms with E-state index in [0.29, 0.717) is 13.0 Å². The topological polar surface area (TPSA) is 46.5 Å². The highest BCUT2D eigenvalue weighted by Gasteiger charge is 2.10. The third kappa shape index (κ3) is 2.99. The molecule has 88 valence electrons. The molecule has 0 aromatic heterocycles. The van der Waals surface area contributed by atoms with Gasteiger partial charge in [0.15, 0.2) is 0 Å². The highest BCUT2D eigenvalue weighted by molar-refractivity contribution is 5.67. The molecule has 0 fully saturated rings. The van der Waals surface area contributed by atoms with Gasteiger partial charge in [-0.15, -0.1) is 0 Å². The van der Waals surface area contributed by atoms with Gasteiger partial charge in [-0.05, 0) is 43.9 Å². The lowest BCUT2D eigenvalue weighted by molar-refractivity contribution is -0.136. The number of hydrogen-bond acceptors (Lipinski definition) is 2. The first-order valence-corrected chi connectivity index (χ1v) is 5.50. The molecule has 0 aliphatic carbocycles. The summed E-state index contributed by atoms with van der Waals surface area (Å²) in [6.45, 7) is 6.57. The number of carboxylic acids is 1. The van der Waals surface area contributed by atoms with Gasteiger partial charge in [0.05, 0.1) is 6.61 Å². The third-order valence-electron chi connectivity index (χ3n) is 2.66. The second-order valence-electron chi connectivity index (χ2n) is 3.82. The first-order chi connectivity index (χ1) is 7.56. The van der Waals surface area contributed by atoms with Crippen molar-refractivity contribution < 1.29 is 14.6 Å². The molecule has 0 unspecified atom stereocenters. The van der Waals surface area contributed by atoms with Crippen LogP contribution >= 0.6 is 0 Å². The van der Waals surface area contributed by atoms with Crippen molar-refractivity contribution in [1.29, 1.82) is 0 Å². The van der Waals surface area contributed by atoms with Crippen LogP contribution in [0.3, 0.4) is 0 Å². The van der Waals surface area contributed by atoms with E-state index in [2.05, 4.69) is 0 Å². The molecular weight excluding hydrogens is 204 g/mol. The molecule has 0 atom stereocenters. The number of carbonyl (C=O) groups is 1. The fraction of sp³-hybridized carbons (Fsp3) is 0.462. The zero-order chi connectivity index (χ0) is 12.1. The molecule has 1 aromatic rings. The molecule has 1 rings (SSSR count). The highest BCUT2D eigenvalue weighted by Crippen LogP contribution is 2.27. The Morgan fingerprint density at radius 2 is 2.06 bits per heavy atom. The molecule has 0 saturated heterocycles. The first kappa shape index (κ1) is 12.6. The van der Waals surface area contributed by atoms with Gasteiger partial charge in [-0.1, -0.05) is 12.1 Å². The van der Waals surface area contributed by atoms with E-state index >= 15 is 0 Å². The summed E-state index contributed by atoms with van der Waals surface area (Å²) < 4.78 is 5.59. The van der Waals surface area contributed by atoms with E-state index in [1.54, 1.807) is 0 Å². The Labute approximate surface area is 96.1 Å². The zero-order valence-corrected chi connectivity index (χ0v) is 10.0. The molecule has 3 nitrogen and oxygen atoms in total. The van der Waals surface area contributed by atoms with Crippen LogP contribution in [0.25, 0.3) is 0 Å². The van der Waals surface area contributed by atoms with Gasteiger partial charge in [-0.25, -0.2) is 0 Å². The normalized spacial score (nSPS) is 10.2. The van der Waals surface area contributed by atoms with Gasteiger partial charge < -0.3 is 9.84 Å². The summed E-state index contributed by atoms with van der Waals surface area (Å²) in [5.74, 6) is 0.0735. The largest absolute Gasteiger partial charge is 0.493 e. The number of rotatable bonds is 5. The van der Waals surface area contributed by atoms with Crippen LogP contribution in [-0.4, -0.2) is 17.7 Å². The minimum Gasteiger partial charge on any atom is -0.493 e. The van der Waals surface area contributed by atoms with Gasteiger partial charge in [0.2, 0.25) is 0 Å². The van der Waals surface area contributed by atoms with E-state index in [4.69, 9.17) is 9.84 Å². The van der Waals surface area contributed by atoms with Crippen LogP contribution in [0.15, 0.2) is 12.1 Å². The van der Waals surface area contributed by atoms with E-state index in [-0.39, 0.29) is 6.42 Å². The second-order valence-corrected chi connectivity index (χ2v) is 3.82. The van der Waals surface area contributed by atoms with Crippen molar-refractivity contribution in [3.63, 3.8) is 0 Å². The smallest absolute Gasteiger partial charge is 0.303 e. The van der Waals surface area contributed by atoms with Crippen molar-refractivity contribution in [3.05, 3.63) is 28.8 Å². The van der Waals surface area contributed by atoms with Gasteiger partial charge >= 0.3 is 5.97 Å². The fourth-order valence-electron chi connectivity index (χ4n) is 1.63. The molecule has 0 heterocycles. The molecular formula is C13H18O3. The number of ether oxygens (including phenoxy) is 1. The van der Waals surface area contributed by atoms with Gasteiger partial charge in [-0.3, -0.25) is 4.79 Å². The first-order valence-electron chi connectivity index (χ1n) is 5.50. The average Bonchev–Trinajstić information content (AvgIpc) is 2.24. The molecule has 0 spiro atoms. The predicted molar refractivity (Wildman–Crippen MR) is 63.0 cm³/mol. The van der Waals surface area contributed by atoms with E-state index < -0.39 is 5.97 Å². The molecule has 0 aliphatic heterocycles. The standard InChI is InChI=1S/C13H18O3/c1-4-16-13-10(3)9(2)5-6-11(13)7-8-12(14)15/h5-6H,4,7-8H2,1-3H3,(H,14,15). The highest BCUT2D eigenvalue weighted by atomic mass is 16.5. The van der Waals surface area contributed by atoms with Crippen LogP contribution in [0, 0.1) is 13.8 Å². The van der Waals surface area contributed by atoms with Crippen molar-refractivity contribution in [1.82, 2.24) is 0 Å². The third-order valence-corrected chi connectivity index (χ3v) is 2.66. The van der Waals surface area contributed by atoms with E-state index in [9.17, 15) is 4.79 Å². The Morgan fingerprint density at radius 1 is 1.38 bits per heavy atom. The summed E-state index contributed by atoms with van der Waals surface area (Å²) >= 11 is 0. The summed E-state index contributed by atoms with van der Waals surface area (Å²) in [4.78, 5) is 10.6. The summed E-state index contributed by atoms with van der Waals surface area (Å²) in [5, 5.41) is 8.68. The predicted octanol–water partition coefficient (Wildman–Crippen LogP) is 2.72. The molecule has 0 amide bonds. The minimum atomic E-state index is -0.777. The van der Waals surface area contributed by atoms with Crippen molar-refractivity contribution in [2.24, 2.45) is 0 Å². The van der Waals surface area contributed by atoms with Gasteiger partial charge in [0.25, 0.3) is 0 Å². The fourth-order valence-corrected chi connectivity index (χ4v) is 1.63. The van der Waals surface area contributed by atoms with E-state index in [1.807, 2.05) is 32.9 Å². The number of aryl methyl sites for hydroxylation is 2. The lowest BCUT2D eigenvalue weighted by atomic mass is 10.0. The second kappa shape index (κ2) is 5.54. The minimum absolute atomic E-state index is 0.141. The van der Waals surface area contributed by atoms with E-state index in [1.165, 1.54) is 5.56 Å². The molecule has 1 N–H and O–H groups in total. The van der Waals surface area contributed by atoms with Crippen LogP contribution < -0.4 is 4.74 Å². The van der Waals surface area contributed by atoms with Gasteiger partial charge in [0.1, 0.15) is 5.75 Å². The maximum Gasteiger partial charge on any atom is 0.303 e. The Morgan fingerprint density at radius 3 is 2.62 bits per heavy atom. The lowest BCUT2D eigenvalue weighted by Crippen LogP contribution is -2.03. The average molecular weight is 222 g/mol. The van der Waals surface area contributed by atoms with Crippen molar-refractivity contribution in [2.75, 3.05) is 6.61 Å². The van der Waals surface area contributed by atoms with E-state index in [0.717, 1.165) is 16.9 Å². The monoisotopic (exact) mass is 222 g/mol. The lowest BCUT2D eigenvalue weighted by Gasteiger charge is -2.14. The Balaban J connectivity index is 2.98. The molecule has 0 bridgehead atoms. The number of hydrogen-bond donors (Lipinski definition) is 1. The molecule has 1 aromatic carbocycles. The van der Waals surface area contributed by atoms with Crippen LogP contribution in [-0.2, 0) is 11.2 Å². The Hall–Kier alpha value is -1.51. The summed E-state index contributed by atoms with van der Waals surface area (Å²) in [6.07, 6.45) is 0.661. The van der Waals surface area contributed by atoms with Gasteiger partial charge in [0, 0.05) is 6.42 Å². The maximum absolute atomic E-state index is 10.6. The molecule has 0 radical (unpaired) electrons. The quantitative estimate of drug-likeness (QED) is 0.833. The van der Waals surface area contributed by atoms with Crippen LogP contribution in [0.5, 0.6) is 5.75 Å². The number of carboxylic acid groups (broad SMARTS) is 1.